The minimum Gasteiger partial charge on any atom is -0.334 e. The van der Waals surface area contributed by atoms with Gasteiger partial charge in [0.15, 0.2) is 0 Å². The number of halogens is 3. The maximum Gasteiger partial charge on any atom is 0.257 e. The Kier molecular flexibility index (Phi) is 6.43. The van der Waals surface area contributed by atoms with Crippen molar-refractivity contribution >= 4 is 34.2 Å². The first kappa shape index (κ1) is 17.4. The monoisotopic (exact) mass is 364 g/mol. The lowest BCUT2D eigenvalue weighted by atomic mass is 9.96. The van der Waals surface area contributed by atoms with Gasteiger partial charge in [-0.1, -0.05) is 15.9 Å². The van der Waals surface area contributed by atoms with Crippen molar-refractivity contribution in [3.8, 4) is 0 Å². The van der Waals surface area contributed by atoms with E-state index in [1.54, 1.807) is 11.0 Å². The van der Waals surface area contributed by atoms with Crippen LogP contribution in [0.4, 0.5) is 4.39 Å². The molecule has 0 bridgehead atoms. The van der Waals surface area contributed by atoms with Gasteiger partial charge in [0.05, 0.1) is 5.56 Å². The van der Waals surface area contributed by atoms with Gasteiger partial charge >= 0.3 is 0 Å². The van der Waals surface area contributed by atoms with Crippen LogP contribution in [0.15, 0.2) is 22.7 Å². The standard InChI is InChI=1S/C14H18BrFN2O.ClH/c1-9(17)13-4-2-3-7-18(13)14(19)11-6-5-10(15)8-12(11)16;/h5-6,8-9,13H,2-4,7,17H2,1H3;1H. The highest BCUT2D eigenvalue weighted by Gasteiger charge is 2.30. The van der Waals surface area contributed by atoms with Gasteiger partial charge in [0.25, 0.3) is 5.91 Å². The fourth-order valence-electron chi connectivity index (χ4n) is 2.57. The second-order valence-electron chi connectivity index (χ2n) is 5.04. The fraction of sp³-hybridized carbons (Fsp3) is 0.500. The molecule has 2 rings (SSSR count). The van der Waals surface area contributed by atoms with Crippen molar-refractivity contribution < 1.29 is 9.18 Å². The van der Waals surface area contributed by atoms with Crippen molar-refractivity contribution in [3.63, 3.8) is 0 Å². The molecule has 0 radical (unpaired) electrons. The van der Waals surface area contributed by atoms with Crippen LogP contribution in [0.5, 0.6) is 0 Å². The Morgan fingerprint density at radius 3 is 2.80 bits per heavy atom. The molecule has 2 atom stereocenters. The van der Waals surface area contributed by atoms with Crippen LogP contribution in [0, 0.1) is 5.82 Å². The highest BCUT2D eigenvalue weighted by atomic mass is 79.9. The molecule has 112 valence electrons. The second-order valence-corrected chi connectivity index (χ2v) is 5.96. The van der Waals surface area contributed by atoms with E-state index in [0.717, 1.165) is 19.3 Å². The highest BCUT2D eigenvalue weighted by molar-refractivity contribution is 9.10. The zero-order chi connectivity index (χ0) is 14.0. The number of hydrogen-bond donors (Lipinski definition) is 1. The number of piperidine rings is 1. The number of rotatable bonds is 2. The fourth-order valence-corrected chi connectivity index (χ4v) is 2.91. The van der Waals surface area contributed by atoms with Gasteiger partial charge in [0, 0.05) is 23.1 Å². The van der Waals surface area contributed by atoms with Gasteiger partial charge < -0.3 is 10.6 Å². The zero-order valence-corrected chi connectivity index (χ0v) is 13.7. The first-order chi connectivity index (χ1) is 9.00. The molecule has 1 aromatic carbocycles. The summed E-state index contributed by atoms with van der Waals surface area (Å²) in [6.07, 6.45) is 2.91. The Bertz CT molecular complexity index is 484. The summed E-state index contributed by atoms with van der Waals surface area (Å²) in [5.41, 5.74) is 6.06. The van der Waals surface area contributed by atoms with Crippen LogP contribution in [0.25, 0.3) is 0 Å². The van der Waals surface area contributed by atoms with Crippen molar-refractivity contribution in [2.24, 2.45) is 5.73 Å². The predicted octanol–water partition coefficient (Wildman–Crippen LogP) is 3.35. The lowest BCUT2D eigenvalue weighted by Gasteiger charge is -2.38. The quantitative estimate of drug-likeness (QED) is 0.873. The molecule has 1 saturated heterocycles. The maximum absolute atomic E-state index is 13.9. The van der Waals surface area contributed by atoms with E-state index in [1.807, 2.05) is 6.92 Å². The minimum absolute atomic E-state index is 0. The topological polar surface area (TPSA) is 46.3 Å². The maximum atomic E-state index is 13.9. The third kappa shape index (κ3) is 3.71. The smallest absolute Gasteiger partial charge is 0.257 e. The van der Waals surface area contributed by atoms with E-state index in [4.69, 9.17) is 5.73 Å². The average Bonchev–Trinajstić information content (AvgIpc) is 2.38. The van der Waals surface area contributed by atoms with Crippen molar-refractivity contribution in [2.75, 3.05) is 6.54 Å². The van der Waals surface area contributed by atoms with Crippen LogP contribution < -0.4 is 5.73 Å². The van der Waals surface area contributed by atoms with Gasteiger partial charge in [-0.2, -0.15) is 0 Å². The van der Waals surface area contributed by atoms with Crippen LogP contribution in [0.2, 0.25) is 0 Å². The third-order valence-electron chi connectivity index (χ3n) is 3.58. The van der Waals surface area contributed by atoms with Gasteiger partial charge in [0.2, 0.25) is 0 Å². The summed E-state index contributed by atoms with van der Waals surface area (Å²) in [7, 11) is 0. The molecular formula is C14H19BrClFN2O. The van der Waals surface area contributed by atoms with Gasteiger partial charge in [-0.05, 0) is 44.4 Å². The molecule has 20 heavy (non-hydrogen) atoms. The summed E-state index contributed by atoms with van der Waals surface area (Å²) < 4.78 is 14.5. The third-order valence-corrected chi connectivity index (χ3v) is 4.07. The van der Waals surface area contributed by atoms with Crippen molar-refractivity contribution in [1.29, 1.82) is 0 Å². The summed E-state index contributed by atoms with van der Waals surface area (Å²) in [4.78, 5) is 14.2. The molecule has 1 fully saturated rings. The highest BCUT2D eigenvalue weighted by Crippen LogP contribution is 2.23. The number of nitrogens with two attached hydrogens (primary N) is 1. The molecule has 0 spiro atoms. The molecular weight excluding hydrogens is 347 g/mol. The van der Waals surface area contributed by atoms with Crippen LogP contribution in [-0.4, -0.2) is 29.4 Å². The molecule has 1 aliphatic heterocycles. The molecule has 0 saturated carbocycles. The van der Waals surface area contributed by atoms with Crippen LogP contribution >= 0.6 is 28.3 Å². The van der Waals surface area contributed by atoms with E-state index in [1.165, 1.54) is 12.1 Å². The van der Waals surface area contributed by atoms with E-state index in [2.05, 4.69) is 15.9 Å². The van der Waals surface area contributed by atoms with E-state index in [0.29, 0.717) is 11.0 Å². The summed E-state index contributed by atoms with van der Waals surface area (Å²) in [6.45, 7) is 2.55. The van der Waals surface area contributed by atoms with Gasteiger partial charge in [-0.25, -0.2) is 4.39 Å². The Hall–Kier alpha value is -0.650. The molecule has 1 aromatic rings. The second kappa shape index (κ2) is 7.38. The lowest BCUT2D eigenvalue weighted by Crippen LogP contribution is -2.51. The SMILES string of the molecule is CC(N)C1CCCCN1C(=O)c1ccc(Br)cc1F.Cl. The van der Waals surface area contributed by atoms with E-state index in [-0.39, 0.29) is 36.0 Å². The molecule has 1 heterocycles. The molecule has 2 unspecified atom stereocenters. The van der Waals surface area contributed by atoms with Gasteiger partial charge in [0.1, 0.15) is 5.82 Å². The molecule has 3 nitrogen and oxygen atoms in total. The first-order valence-corrected chi connectivity index (χ1v) is 7.31. The summed E-state index contributed by atoms with van der Waals surface area (Å²) >= 11 is 3.19. The summed E-state index contributed by atoms with van der Waals surface area (Å²) in [5, 5.41) is 0. The van der Waals surface area contributed by atoms with Crippen molar-refractivity contribution in [2.45, 2.75) is 38.3 Å². The lowest BCUT2D eigenvalue weighted by molar-refractivity contribution is 0.0579. The number of hydrogen-bond acceptors (Lipinski definition) is 2. The number of benzene rings is 1. The Labute approximate surface area is 133 Å². The number of likely N-dealkylation sites (tertiary alicyclic amines) is 1. The Balaban J connectivity index is 0.00000200. The van der Waals surface area contributed by atoms with Gasteiger partial charge in [-0.3, -0.25) is 4.79 Å². The van der Waals surface area contributed by atoms with Gasteiger partial charge in [-0.15, -0.1) is 12.4 Å². The van der Waals surface area contributed by atoms with Crippen LogP contribution in [0.3, 0.4) is 0 Å². The van der Waals surface area contributed by atoms with Crippen molar-refractivity contribution in [1.82, 2.24) is 4.90 Å². The molecule has 0 aliphatic carbocycles. The summed E-state index contributed by atoms with van der Waals surface area (Å²) in [6, 6.07) is 4.43. The molecule has 0 aromatic heterocycles. The largest absolute Gasteiger partial charge is 0.334 e. The summed E-state index contributed by atoms with van der Waals surface area (Å²) in [5.74, 6) is -0.750. The zero-order valence-electron chi connectivity index (χ0n) is 11.3. The number of carbonyl (C=O) groups is 1. The Morgan fingerprint density at radius 2 is 2.20 bits per heavy atom. The number of amides is 1. The van der Waals surface area contributed by atoms with E-state index < -0.39 is 5.82 Å². The van der Waals surface area contributed by atoms with E-state index >= 15 is 0 Å². The molecule has 6 heteroatoms. The molecule has 2 N–H and O–H groups in total. The predicted molar refractivity (Wildman–Crippen MR) is 83.7 cm³/mol. The number of nitrogens with zero attached hydrogens (tertiary/aromatic N) is 1. The van der Waals surface area contributed by atoms with Crippen molar-refractivity contribution in [3.05, 3.63) is 34.1 Å². The molecule has 1 amide bonds. The first-order valence-electron chi connectivity index (χ1n) is 6.52. The van der Waals surface area contributed by atoms with Crippen LogP contribution in [0.1, 0.15) is 36.5 Å². The van der Waals surface area contributed by atoms with E-state index in [9.17, 15) is 9.18 Å². The minimum atomic E-state index is -0.492. The Morgan fingerprint density at radius 1 is 1.50 bits per heavy atom. The normalized spacial score (nSPS) is 20.2. The van der Waals surface area contributed by atoms with Crippen LogP contribution in [-0.2, 0) is 0 Å². The number of carbonyl (C=O) groups excluding carboxylic acids is 1. The average molecular weight is 366 g/mol. The molecule has 1 aliphatic rings.